The maximum absolute atomic E-state index is 13.4. The summed E-state index contributed by atoms with van der Waals surface area (Å²) in [7, 11) is 0. The van der Waals surface area contributed by atoms with Crippen molar-refractivity contribution in [2.75, 3.05) is 0 Å². The van der Waals surface area contributed by atoms with Crippen molar-refractivity contribution >= 4 is 54.3 Å². The molecule has 0 spiro atoms. The highest BCUT2D eigenvalue weighted by Crippen LogP contribution is 2.39. The lowest BCUT2D eigenvalue weighted by molar-refractivity contribution is 0.451. The van der Waals surface area contributed by atoms with E-state index in [4.69, 9.17) is 4.42 Å². The highest BCUT2D eigenvalue weighted by Gasteiger charge is 2.21. The summed E-state index contributed by atoms with van der Waals surface area (Å²) in [5.41, 5.74) is 1.06. The Bertz CT molecular complexity index is 1720. The maximum Gasteiger partial charge on any atom is 0.261 e. The normalized spacial score (nSPS) is 12.4. The van der Waals surface area contributed by atoms with Crippen molar-refractivity contribution in [1.29, 1.82) is 0 Å². The van der Waals surface area contributed by atoms with Crippen LogP contribution >= 0.6 is 0 Å². The first-order valence-electron chi connectivity index (χ1n) is 10.8. The average Bonchev–Trinajstić information content (AvgIpc) is 2.81. The number of aromatic nitrogens is 1. The van der Waals surface area contributed by atoms with Gasteiger partial charge in [-0.15, -0.1) is 0 Å². The van der Waals surface area contributed by atoms with E-state index < -0.39 is 0 Å². The summed E-state index contributed by atoms with van der Waals surface area (Å²) in [4.78, 5) is 26.8. The lowest BCUT2D eigenvalue weighted by Crippen LogP contribution is -2.36. The van der Waals surface area contributed by atoms with E-state index in [0.717, 1.165) is 45.4 Å². The molecule has 0 atom stereocenters. The number of fused-ring (bicyclic) bond motifs is 4. The fourth-order valence-corrected chi connectivity index (χ4v) is 5.18. The van der Waals surface area contributed by atoms with E-state index in [1.807, 2.05) is 50.2 Å². The van der Waals surface area contributed by atoms with Crippen LogP contribution in [-0.4, -0.2) is 4.57 Å². The van der Waals surface area contributed by atoms with E-state index in [0.29, 0.717) is 21.7 Å². The van der Waals surface area contributed by atoms with Gasteiger partial charge < -0.3 is 4.42 Å². The molecule has 152 valence electrons. The fraction of sp³-hybridized carbons (Fsp3) is 0.185. The van der Waals surface area contributed by atoms with Gasteiger partial charge in [-0.2, -0.15) is 0 Å². The number of pyridine rings is 1. The van der Waals surface area contributed by atoms with E-state index in [9.17, 15) is 9.59 Å². The lowest BCUT2D eigenvalue weighted by atomic mass is 9.94. The smallest absolute Gasteiger partial charge is 0.261 e. The van der Waals surface area contributed by atoms with Gasteiger partial charge in [0.25, 0.3) is 11.1 Å². The van der Waals surface area contributed by atoms with Crippen molar-refractivity contribution in [2.45, 2.75) is 32.7 Å². The molecule has 0 unspecified atom stereocenters. The molecule has 0 saturated carbocycles. The third kappa shape index (κ3) is 2.30. The predicted molar refractivity (Wildman–Crippen MR) is 128 cm³/mol. The lowest BCUT2D eigenvalue weighted by Gasteiger charge is -2.18. The Kier molecular flexibility index (Phi) is 3.75. The standard InChI is InChI=1S/C27H21NO3/c1-3-16(4-2)28-26(29)19-11-10-18-23-17-8-6-5-7-15(17)9-13-21(23)31-22-14-12-20(27(28)30)24(19)25(18)22/h5-14,16H,3-4H2,1-2H3. The molecule has 0 N–H and O–H groups in total. The number of rotatable bonds is 3. The topological polar surface area (TPSA) is 52.2 Å². The van der Waals surface area contributed by atoms with Crippen LogP contribution in [0.5, 0.6) is 0 Å². The zero-order valence-corrected chi connectivity index (χ0v) is 17.4. The van der Waals surface area contributed by atoms with Crippen LogP contribution in [0.1, 0.15) is 32.7 Å². The molecule has 0 aliphatic carbocycles. The van der Waals surface area contributed by atoms with Crippen LogP contribution in [0.25, 0.3) is 54.3 Å². The Hall–Kier alpha value is -3.66. The van der Waals surface area contributed by atoms with Gasteiger partial charge in [-0.1, -0.05) is 50.2 Å². The van der Waals surface area contributed by atoms with E-state index in [1.165, 1.54) is 4.57 Å². The number of hydrogen-bond acceptors (Lipinski definition) is 3. The Labute approximate surface area is 177 Å². The summed E-state index contributed by atoms with van der Waals surface area (Å²) < 4.78 is 7.74. The van der Waals surface area contributed by atoms with Crippen molar-refractivity contribution in [3.63, 3.8) is 0 Å². The van der Waals surface area contributed by atoms with Crippen LogP contribution in [0.2, 0.25) is 0 Å². The third-order valence-electron chi connectivity index (χ3n) is 6.71. The van der Waals surface area contributed by atoms with Gasteiger partial charge in [-0.25, -0.2) is 0 Å². The van der Waals surface area contributed by atoms with Gasteiger partial charge in [0.15, 0.2) is 0 Å². The molecule has 2 heterocycles. The third-order valence-corrected chi connectivity index (χ3v) is 6.71. The van der Waals surface area contributed by atoms with E-state index >= 15 is 0 Å². The molecule has 0 fully saturated rings. The summed E-state index contributed by atoms with van der Waals surface area (Å²) in [6, 6.07) is 19.7. The minimum Gasteiger partial charge on any atom is -0.456 e. The maximum atomic E-state index is 13.4. The van der Waals surface area contributed by atoms with Crippen LogP contribution in [0.4, 0.5) is 0 Å². The average molecular weight is 407 g/mol. The van der Waals surface area contributed by atoms with Crippen molar-refractivity contribution in [1.82, 2.24) is 4.57 Å². The fourth-order valence-electron chi connectivity index (χ4n) is 5.18. The van der Waals surface area contributed by atoms with Crippen LogP contribution < -0.4 is 11.1 Å². The molecule has 0 amide bonds. The molecule has 0 aliphatic heterocycles. The Morgan fingerprint density at radius 2 is 1.29 bits per heavy atom. The molecule has 4 aromatic carbocycles. The molecule has 4 nitrogen and oxygen atoms in total. The molecule has 0 radical (unpaired) electrons. The quantitative estimate of drug-likeness (QED) is 0.253. The molecular formula is C27H21NO3. The first-order valence-corrected chi connectivity index (χ1v) is 10.8. The van der Waals surface area contributed by atoms with Gasteiger partial charge in [0.2, 0.25) is 0 Å². The highest BCUT2D eigenvalue weighted by atomic mass is 16.3. The molecule has 0 aliphatic rings. The summed E-state index contributed by atoms with van der Waals surface area (Å²) >= 11 is 0. The minimum atomic E-state index is -0.210. The zero-order chi connectivity index (χ0) is 21.3. The van der Waals surface area contributed by atoms with E-state index in [1.54, 1.807) is 6.07 Å². The van der Waals surface area contributed by atoms with Gasteiger partial charge in [-0.05, 0) is 53.3 Å². The molecule has 0 bridgehead atoms. The van der Waals surface area contributed by atoms with Gasteiger partial charge >= 0.3 is 0 Å². The van der Waals surface area contributed by atoms with Crippen molar-refractivity contribution in [3.05, 3.63) is 81.4 Å². The molecule has 6 aromatic rings. The molecule has 4 heteroatoms. The van der Waals surface area contributed by atoms with Crippen LogP contribution in [0.15, 0.2) is 74.7 Å². The first-order chi connectivity index (χ1) is 15.1. The summed E-state index contributed by atoms with van der Waals surface area (Å²) in [6.07, 6.45) is 1.48. The highest BCUT2D eigenvalue weighted by molar-refractivity contribution is 6.29. The Morgan fingerprint density at radius 1 is 0.677 bits per heavy atom. The molecular weight excluding hydrogens is 386 g/mol. The van der Waals surface area contributed by atoms with E-state index in [2.05, 4.69) is 18.2 Å². The van der Waals surface area contributed by atoms with Crippen molar-refractivity contribution < 1.29 is 4.42 Å². The SMILES string of the molecule is CCC(CC)n1c(=O)c2ccc3oc4ccc5ccccc5c4c4ccc(c1=O)c2c34. The van der Waals surface area contributed by atoms with Gasteiger partial charge in [0.1, 0.15) is 11.2 Å². The first kappa shape index (κ1) is 18.1. The minimum absolute atomic E-state index is 0.101. The molecule has 31 heavy (non-hydrogen) atoms. The molecule has 6 rings (SSSR count). The monoisotopic (exact) mass is 407 g/mol. The number of benzene rings is 4. The van der Waals surface area contributed by atoms with Gasteiger partial charge in [0, 0.05) is 33.0 Å². The second-order valence-corrected chi connectivity index (χ2v) is 8.23. The Balaban J connectivity index is 1.89. The second-order valence-electron chi connectivity index (χ2n) is 8.23. The van der Waals surface area contributed by atoms with Crippen LogP contribution in [0, 0.1) is 0 Å². The van der Waals surface area contributed by atoms with Crippen LogP contribution in [0.3, 0.4) is 0 Å². The Morgan fingerprint density at radius 3 is 2.03 bits per heavy atom. The largest absolute Gasteiger partial charge is 0.456 e. The van der Waals surface area contributed by atoms with Gasteiger partial charge in [-0.3, -0.25) is 14.2 Å². The molecule has 0 saturated heterocycles. The van der Waals surface area contributed by atoms with Crippen LogP contribution in [-0.2, 0) is 0 Å². The summed E-state index contributed by atoms with van der Waals surface area (Å²) in [6.45, 7) is 4.03. The number of hydrogen-bond donors (Lipinski definition) is 0. The van der Waals surface area contributed by atoms with Crippen molar-refractivity contribution in [2.24, 2.45) is 0 Å². The van der Waals surface area contributed by atoms with E-state index in [-0.39, 0.29) is 17.2 Å². The zero-order valence-electron chi connectivity index (χ0n) is 17.4. The molecule has 2 aromatic heterocycles. The second kappa shape index (κ2) is 6.42. The summed E-state index contributed by atoms with van der Waals surface area (Å²) in [5.74, 6) is 0. The predicted octanol–water partition coefficient (Wildman–Crippen LogP) is 6.37. The van der Waals surface area contributed by atoms with Crippen molar-refractivity contribution in [3.8, 4) is 0 Å². The van der Waals surface area contributed by atoms with Gasteiger partial charge in [0.05, 0.1) is 0 Å². The summed E-state index contributed by atoms with van der Waals surface area (Å²) in [5, 5.41) is 6.96. The number of nitrogens with zero attached hydrogens (tertiary/aromatic N) is 1.